The van der Waals surface area contributed by atoms with Gasteiger partial charge in [0.2, 0.25) is 5.91 Å². The Morgan fingerprint density at radius 3 is 2.55 bits per heavy atom. The van der Waals surface area contributed by atoms with Gasteiger partial charge in [-0.3, -0.25) is 9.59 Å². The molecule has 0 aliphatic carbocycles. The van der Waals surface area contributed by atoms with Gasteiger partial charge in [-0.05, 0) is 24.1 Å². The average molecular weight is 372 g/mol. The summed E-state index contributed by atoms with van der Waals surface area (Å²) in [6, 6.07) is 6.66. The van der Waals surface area contributed by atoms with E-state index >= 15 is 0 Å². The second kappa shape index (κ2) is 10.3. The standard InChI is InChI=1S/C16H22BrNO4/c1-2-3-4-9-22-11-15(19)18-14(10-16(20)21)12-5-7-13(17)8-6-12/h5-8,14H,2-4,9-11H2,1H3,(H,18,19)(H,20,21). The highest BCUT2D eigenvalue weighted by atomic mass is 79.9. The maximum atomic E-state index is 11.9. The lowest BCUT2D eigenvalue weighted by atomic mass is 10.0. The molecule has 1 atom stereocenters. The Morgan fingerprint density at radius 2 is 1.95 bits per heavy atom. The molecule has 0 saturated carbocycles. The predicted molar refractivity (Wildman–Crippen MR) is 87.6 cm³/mol. The van der Waals surface area contributed by atoms with Crippen LogP contribution in [0.5, 0.6) is 0 Å². The van der Waals surface area contributed by atoms with Gasteiger partial charge in [-0.15, -0.1) is 0 Å². The van der Waals surface area contributed by atoms with Crippen molar-refractivity contribution >= 4 is 27.8 Å². The van der Waals surface area contributed by atoms with E-state index in [1.165, 1.54) is 0 Å². The minimum absolute atomic E-state index is 0.0453. The number of hydrogen-bond donors (Lipinski definition) is 2. The van der Waals surface area contributed by atoms with Crippen LogP contribution in [0.3, 0.4) is 0 Å². The van der Waals surface area contributed by atoms with Gasteiger partial charge >= 0.3 is 5.97 Å². The summed E-state index contributed by atoms with van der Waals surface area (Å²) < 4.78 is 6.19. The van der Waals surface area contributed by atoms with Gasteiger partial charge in [0.1, 0.15) is 6.61 Å². The van der Waals surface area contributed by atoms with E-state index in [2.05, 4.69) is 28.2 Å². The van der Waals surface area contributed by atoms with Crippen molar-refractivity contribution in [2.45, 2.75) is 38.6 Å². The van der Waals surface area contributed by atoms with E-state index in [-0.39, 0.29) is 18.9 Å². The van der Waals surface area contributed by atoms with Crippen molar-refractivity contribution in [3.8, 4) is 0 Å². The third-order valence-electron chi connectivity index (χ3n) is 3.11. The number of ether oxygens (including phenoxy) is 1. The van der Waals surface area contributed by atoms with Crippen LogP contribution in [0.25, 0.3) is 0 Å². The highest BCUT2D eigenvalue weighted by Gasteiger charge is 2.18. The lowest BCUT2D eigenvalue weighted by Gasteiger charge is -2.17. The van der Waals surface area contributed by atoms with Crippen LogP contribution < -0.4 is 5.32 Å². The van der Waals surface area contributed by atoms with Crippen LogP contribution in [0.2, 0.25) is 0 Å². The molecule has 0 aliphatic rings. The molecule has 1 rings (SSSR count). The van der Waals surface area contributed by atoms with Gasteiger partial charge in [0.05, 0.1) is 12.5 Å². The van der Waals surface area contributed by atoms with Gasteiger partial charge in [0, 0.05) is 11.1 Å². The highest BCUT2D eigenvalue weighted by molar-refractivity contribution is 9.10. The van der Waals surface area contributed by atoms with E-state index in [1.54, 1.807) is 12.1 Å². The van der Waals surface area contributed by atoms with Crippen molar-refractivity contribution in [3.05, 3.63) is 34.3 Å². The zero-order valence-electron chi connectivity index (χ0n) is 12.7. The van der Waals surface area contributed by atoms with Crippen molar-refractivity contribution < 1.29 is 19.4 Å². The molecular weight excluding hydrogens is 350 g/mol. The van der Waals surface area contributed by atoms with E-state index in [1.807, 2.05) is 12.1 Å². The van der Waals surface area contributed by atoms with Crippen molar-refractivity contribution in [1.29, 1.82) is 0 Å². The number of carboxylic acids is 1. The monoisotopic (exact) mass is 371 g/mol. The molecule has 0 fully saturated rings. The zero-order valence-corrected chi connectivity index (χ0v) is 14.3. The summed E-state index contributed by atoms with van der Waals surface area (Å²) in [5.41, 5.74) is 0.755. The number of aliphatic carboxylic acids is 1. The smallest absolute Gasteiger partial charge is 0.305 e. The number of hydrogen-bond acceptors (Lipinski definition) is 3. The van der Waals surface area contributed by atoms with Crippen LogP contribution >= 0.6 is 15.9 Å². The van der Waals surface area contributed by atoms with Crippen LogP contribution in [0.4, 0.5) is 0 Å². The Labute approximate surface area is 139 Å². The van der Waals surface area contributed by atoms with Crippen molar-refractivity contribution in [2.75, 3.05) is 13.2 Å². The number of halogens is 1. The Morgan fingerprint density at radius 1 is 1.27 bits per heavy atom. The number of rotatable bonds is 10. The molecule has 6 heteroatoms. The predicted octanol–water partition coefficient (Wildman–Crippen LogP) is 3.29. The first kappa shape index (κ1) is 18.6. The topological polar surface area (TPSA) is 75.6 Å². The summed E-state index contributed by atoms with van der Waals surface area (Å²) in [7, 11) is 0. The molecule has 0 radical (unpaired) electrons. The normalized spacial score (nSPS) is 11.9. The largest absolute Gasteiger partial charge is 0.481 e. The number of carbonyl (C=O) groups is 2. The summed E-state index contributed by atoms with van der Waals surface area (Å²) in [4.78, 5) is 22.8. The minimum Gasteiger partial charge on any atom is -0.481 e. The summed E-state index contributed by atoms with van der Waals surface area (Å²) in [5.74, 6) is -1.26. The molecule has 0 aromatic heterocycles. The number of benzene rings is 1. The first-order valence-electron chi connectivity index (χ1n) is 7.37. The van der Waals surface area contributed by atoms with Crippen molar-refractivity contribution in [3.63, 3.8) is 0 Å². The molecule has 0 aliphatic heterocycles. The Bertz CT molecular complexity index is 476. The van der Waals surface area contributed by atoms with Gasteiger partial charge in [-0.2, -0.15) is 0 Å². The summed E-state index contributed by atoms with van der Waals surface area (Å²) in [5, 5.41) is 11.7. The number of unbranched alkanes of at least 4 members (excludes halogenated alkanes) is 2. The molecule has 1 amide bonds. The molecule has 1 unspecified atom stereocenters. The molecular formula is C16H22BrNO4. The average Bonchev–Trinajstić information content (AvgIpc) is 2.46. The second-order valence-corrected chi connectivity index (χ2v) is 5.94. The molecule has 122 valence electrons. The molecule has 0 spiro atoms. The van der Waals surface area contributed by atoms with Gasteiger partial charge < -0.3 is 15.2 Å². The van der Waals surface area contributed by atoms with Crippen LogP contribution in [-0.4, -0.2) is 30.2 Å². The highest BCUT2D eigenvalue weighted by Crippen LogP contribution is 2.19. The maximum Gasteiger partial charge on any atom is 0.305 e. The molecule has 0 bridgehead atoms. The first-order valence-corrected chi connectivity index (χ1v) is 8.16. The minimum atomic E-state index is -0.961. The number of carbonyl (C=O) groups excluding carboxylic acids is 1. The van der Waals surface area contributed by atoms with Gasteiger partial charge in [0.25, 0.3) is 0 Å². The lowest BCUT2D eigenvalue weighted by molar-refractivity contribution is -0.138. The summed E-state index contributed by atoms with van der Waals surface area (Å²) >= 11 is 3.33. The fourth-order valence-electron chi connectivity index (χ4n) is 1.98. The lowest BCUT2D eigenvalue weighted by Crippen LogP contribution is -2.33. The van der Waals surface area contributed by atoms with Crippen LogP contribution in [0.15, 0.2) is 28.7 Å². The molecule has 2 N–H and O–H groups in total. The third kappa shape index (κ3) is 7.56. The third-order valence-corrected chi connectivity index (χ3v) is 3.64. The molecule has 1 aromatic carbocycles. The summed E-state index contributed by atoms with van der Waals surface area (Å²) in [6.07, 6.45) is 2.93. The zero-order chi connectivity index (χ0) is 16.4. The second-order valence-electron chi connectivity index (χ2n) is 5.03. The van der Waals surface area contributed by atoms with E-state index in [9.17, 15) is 9.59 Å². The van der Waals surface area contributed by atoms with Crippen LogP contribution in [0.1, 0.15) is 44.2 Å². The van der Waals surface area contributed by atoms with Gasteiger partial charge in [-0.25, -0.2) is 0 Å². The van der Waals surface area contributed by atoms with E-state index in [0.717, 1.165) is 29.3 Å². The fraction of sp³-hybridized carbons (Fsp3) is 0.500. The van der Waals surface area contributed by atoms with Crippen LogP contribution in [0, 0.1) is 0 Å². The van der Waals surface area contributed by atoms with Gasteiger partial charge in [-0.1, -0.05) is 47.8 Å². The fourth-order valence-corrected chi connectivity index (χ4v) is 2.24. The molecule has 5 nitrogen and oxygen atoms in total. The summed E-state index contributed by atoms with van der Waals surface area (Å²) in [6.45, 7) is 2.60. The quantitative estimate of drug-likeness (QED) is 0.618. The Kier molecular flexibility index (Phi) is 8.77. The van der Waals surface area contributed by atoms with Gasteiger partial charge in [0.15, 0.2) is 0 Å². The Hall–Kier alpha value is -1.40. The number of amides is 1. The van der Waals surface area contributed by atoms with Crippen molar-refractivity contribution in [1.82, 2.24) is 5.32 Å². The maximum absolute atomic E-state index is 11.9. The van der Waals surface area contributed by atoms with Crippen LogP contribution in [-0.2, 0) is 14.3 Å². The number of nitrogens with one attached hydrogen (secondary N) is 1. The first-order chi connectivity index (χ1) is 10.5. The van der Waals surface area contributed by atoms with E-state index in [0.29, 0.717) is 6.61 Å². The SMILES string of the molecule is CCCCCOCC(=O)NC(CC(=O)O)c1ccc(Br)cc1. The molecule has 1 aromatic rings. The van der Waals surface area contributed by atoms with E-state index in [4.69, 9.17) is 9.84 Å². The number of carboxylic acid groups (broad SMARTS) is 1. The Balaban J connectivity index is 2.52. The molecule has 22 heavy (non-hydrogen) atoms. The van der Waals surface area contributed by atoms with E-state index < -0.39 is 12.0 Å². The molecule has 0 heterocycles. The molecule has 0 saturated heterocycles. The van der Waals surface area contributed by atoms with Crippen molar-refractivity contribution in [2.24, 2.45) is 0 Å².